The Kier molecular flexibility index (Phi) is 7.65. The summed E-state index contributed by atoms with van der Waals surface area (Å²) in [6.07, 6.45) is 0. The summed E-state index contributed by atoms with van der Waals surface area (Å²) < 4.78 is 0. The third-order valence-corrected chi connectivity index (χ3v) is 0.632. The Bertz CT molecular complexity index is 21.5. The molecule has 0 aliphatic rings. The lowest BCUT2D eigenvalue weighted by atomic mass is 10.7. The minimum absolute atomic E-state index is 0. The Morgan fingerprint density at radius 2 is 1.50 bits per heavy atom. The van der Waals surface area contributed by atoms with Gasteiger partial charge in [-0.1, -0.05) is 6.92 Å². The lowest BCUT2D eigenvalue weighted by Gasteiger charge is -2.00. The van der Waals surface area contributed by atoms with Gasteiger partial charge in [-0.2, -0.15) is 0 Å². The maximum atomic E-state index is 2.12. The molecule has 0 unspecified atom stereocenters. The summed E-state index contributed by atoms with van der Waals surface area (Å²) in [6.45, 7) is 3.26. The molecule has 6 heavy (non-hydrogen) atoms. The predicted octanol–water partition coefficient (Wildman–Crippen LogP) is -0.257. The van der Waals surface area contributed by atoms with Gasteiger partial charge in [-0.3, -0.25) is 0 Å². The van der Waals surface area contributed by atoms with Gasteiger partial charge in [0.25, 0.3) is 0 Å². The van der Waals surface area contributed by atoms with Gasteiger partial charge in [0.15, 0.2) is 0 Å². The van der Waals surface area contributed by atoms with Gasteiger partial charge in [0.05, 0.1) is 0 Å². The highest BCUT2D eigenvalue weighted by Gasteiger charge is 1.72. The summed E-state index contributed by atoms with van der Waals surface area (Å²) >= 11 is 0. The molecule has 0 aromatic heterocycles. The number of nitrogens with zero attached hydrogens (tertiary/aromatic N) is 1. The largest absolute Gasteiger partial charge is 0.412 e. The lowest BCUT2D eigenvalue weighted by molar-refractivity contribution is 0.434. The molecule has 2 nitrogen and oxygen atoms in total. The van der Waals surface area contributed by atoms with Crippen LogP contribution in [0.5, 0.6) is 0 Å². The lowest BCUT2D eigenvalue weighted by Crippen LogP contribution is -2.08. The maximum Gasteiger partial charge on any atom is -0.00533 e. The van der Waals surface area contributed by atoms with Crippen molar-refractivity contribution in [2.24, 2.45) is 0 Å². The normalized spacial score (nSPS) is 8.00. The smallest absolute Gasteiger partial charge is 0.00533 e. The van der Waals surface area contributed by atoms with Gasteiger partial charge < -0.3 is 10.4 Å². The summed E-state index contributed by atoms with van der Waals surface area (Å²) in [5.74, 6) is 0. The van der Waals surface area contributed by atoms with Crippen molar-refractivity contribution in [2.45, 2.75) is 6.92 Å². The van der Waals surface area contributed by atoms with Crippen molar-refractivity contribution in [2.75, 3.05) is 20.6 Å². The van der Waals surface area contributed by atoms with E-state index >= 15 is 0 Å². The van der Waals surface area contributed by atoms with Crippen molar-refractivity contribution in [3.63, 3.8) is 0 Å². The molecular weight excluding hydrogens is 78.0 g/mol. The molecule has 0 aromatic carbocycles. The fourth-order valence-electron chi connectivity index (χ4n) is 0. The van der Waals surface area contributed by atoms with Crippen molar-refractivity contribution in [1.29, 1.82) is 0 Å². The van der Waals surface area contributed by atoms with E-state index in [1.165, 1.54) is 0 Å². The highest BCUT2D eigenvalue weighted by molar-refractivity contribution is 4.25. The number of hydrogen-bond acceptors (Lipinski definition) is 1. The van der Waals surface area contributed by atoms with Crippen molar-refractivity contribution >= 4 is 0 Å². The minimum Gasteiger partial charge on any atom is -0.412 e. The first-order chi connectivity index (χ1) is 2.27. The third kappa shape index (κ3) is 9.07. The molecule has 0 amide bonds. The zero-order chi connectivity index (χ0) is 4.28. The van der Waals surface area contributed by atoms with Crippen LogP contribution in [0, 0.1) is 0 Å². The highest BCUT2D eigenvalue weighted by Crippen LogP contribution is 1.63. The van der Waals surface area contributed by atoms with Crippen molar-refractivity contribution in [3.8, 4) is 0 Å². The Morgan fingerprint density at radius 1 is 1.33 bits per heavy atom. The molecule has 2 N–H and O–H groups in total. The van der Waals surface area contributed by atoms with Crippen LogP contribution in [0.1, 0.15) is 6.92 Å². The summed E-state index contributed by atoms with van der Waals surface area (Å²) in [5, 5.41) is 0. The molecule has 0 saturated heterocycles. The van der Waals surface area contributed by atoms with Crippen molar-refractivity contribution in [1.82, 2.24) is 4.90 Å². The molecule has 0 radical (unpaired) electrons. The van der Waals surface area contributed by atoms with E-state index in [0.29, 0.717) is 0 Å². The molecule has 0 atom stereocenters. The van der Waals surface area contributed by atoms with Gasteiger partial charge in [0.1, 0.15) is 0 Å². The molecule has 0 aliphatic heterocycles. The van der Waals surface area contributed by atoms with Gasteiger partial charge in [-0.05, 0) is 20.6 Å². The van der Waals surface area contributed by atoms with Crippen molar-refractivity contribution < 1.29 is 5.48 Å². The Labute approximate surface area is 39.1 Å². The number of rotatable bonds is 1. The van der Waals surface area contributed by atoms with E-state index in [2.05, 4.69) is 25.9 Å². The van der Waals surface area contributed by atoms with Crippen LogP contribution in [0.3, 0.4) is 0 Å². The van der Waals surface area contributed by atoms with Crippen LogP contribution < -0.4 is 0 Å². The molecule has 0 rings (SSSR count). The van der Waals surface area contributed by atoms with Crippen LogP contribution in [0.25, 0.3) is 0 Å². The van der Waals surface area contributed by atoms with Crippen LogP contribution in [-0.2, 0) is 0 Å². The van der Waals surface area contributed by atoms with E-state index in [1.807, 2.05) is 0 Å². The van der Waals surface area contributed by atoms with Gasteiger partial charge >= 0.3 is 0 Å². The molecule has 0 aromatic rings. The SMILES string of the molecule is CCN(C)C.O. The average Bonchev–Trinajstić information content (AvgIpc) is 1.38. The molecule has 0 heterocycles. The van der Waals surface area contributed by atoms with E-state index in [9.17, 15) is 0 Å². The highest BCUT2D eigenvalue weighted by atomic mass is 16.0. The van der Waals surface area contributed by atoms with Gasteiger partial charge in [0.2, 0.25) is 0 Å². The van der Waals surface area contributed by atoms with Gasteiger partial charge in [-0.25, -0.2) is 0 Å². The van der Waals surface area contributed by atoms with Gasteiger partial charge in [-0.15, -0.1) is 0 Å². The maximum absolute atomic E-state index is 2.12. The van der Waals surface area contributed by atoms with Crippen LogP contribution in [-0.4, -0.2) is 31.0 Å². The fourth-order valence-corrected chi connectivity index (χ4v) is 0. The second-order valence-corrected chi connectivity index (χ2v) is 1.40. The standard InChI is InChI=1S/C4H11N.H2O/c1-4-5(2)3;/h4H2,1-3H3;1H2. The first-order valence-corrected chi connectivity index (χ1v) is 1.92. The molecule has 2 heteroatoms. The van der Waals surface area contributed by atoms with E-state index in [0.717, 1.165) is 6.54 Å². The molecule has 40 valence electrons. The predicted molar refractivity (Wildman–Crippen MR) is 27.8 cm³/mol. The third-order valence-electron chi connectivity index (χ3n) is 0.632. The monoisotopic (exact) mass is 91.1 g/mol. The van der Waals surface area contributed by atoms with Crippen molar-refractivity contribution in [3.05, 3.63) is 0 Å². The first kappa shape index (κ1) is 9.33. The fraction of sp³-hybridized carbons (Fsp3) is 1.00. The molecule has 0 fully saturated rings. The number of hydrogen-bond donors (Lipinski definition) is 0. The first-order valence-electron chi connectivity index (χ1n) is 1.92. The van der Waals surface area contributed by atoms with Gasteiger partial charge in [0, 0.05) is 0 Å². The van der Waals surface area contributed by atoms with E-state index in [1.54, 1.807) is 0 Å². The van der Waals surface area contributed by atoms with Crippen LogP contribution in [0.15, 0.2) is 0 Å². The van der Waals surface area contributed by atoms with Crippen LogP contribution >= 0.6 is 0 Å². The summed E-state index contributed by atoms with van der Waals surface area (Å²) in [5.41, 5.74) is 0. The Morgan fingerprint density at radius 3 is 1.50 bits per heavy atom. The molecule has 0 bridgehead atoms. The van der Waals surface area contributed by atoms with Crippen LogP contribution in [0.2, 0.25) is 0 Å². The second kappa shape index (κ2) is 4.92. The zero-order valence-electron chi connectivity index (χ0n) is 4.65. The van der Waals surface area contributed by atoms with Crippen LogP contribution in [0.4, 0.5) is 0 Å². The quantitative estimate of drug-likeness (QED) is 0.438. The molecule has 0 saturated carbocycles. The summed E-state index contributed by atoms with van der Waals surface area (Å²) in [4.78, 5) is 2.12. The summed E-state index contributed by atoms with van der Waals surface area (Å²) in [6, 6.07) is 0. The van der Waals surface area contributed by atoms with E-state index in [4.69, 9.17) is 0 Å². The average molecular weight is 91.2 g/mol. The Hall–Kier alpha value is -0.0800. The molecule has 0 spiro atoms. The second-order valence-electron chi connectivity index (χ2n) is 1.40. The van der Waals surface area contributed by atoms with E-state index < -0.39 is 0 Å². The topological polar surface area (TPSA) is 34.7 Å². The van der Waals surface area contributed by atoms with E-state index in [-0.39, 0.29) is 5.48 Å². The Balaban J connectivity index is 0. The minimum atomic E-state index is 0. The molecule has 0 aliphatic carbocycles. The zero-order valence-corrected chi connectivity index (χ0v) is 4.65. The summed E-state index contributed by atoms with van der Waals surface area (Å²) in [7, 11) is 4.11. The molecular formula is C4H13NO.